The predicted molar refractivity (Wildman–Crippen MR) is 75.4 cm³/mol. The third kappa shape index (κ3) is 3.71. The number of rotatable bonds is 4. The zero-order valence-corrected chi connectivity index (χ0v) is 11.3. The molecule has 0 saturated carbocycles. The van der Waals surface area contributed by atoms with Gasteiger partial charge in [-0.3, -0.25) is 0 Å². The molecule has 1 aliphatic rings. The first-order valence-electron chi connectivity index (χ1n) is 5.02. The number of aliphatic hydroxyl groups excluding tert-OH is 1. The van der Waals surface area contributed by atoms with Crippen molar-refractivity contribution in [2.75, 3.05) is 13.2 Å². The molecule has 0 atom stereocenters. The van der Waals surface area contributed by atoms with Gasteiger partial charge in [0.25, 0.3) is 0 Å². The monoisotopic (exact) mass is 286 g/mol. The zero-order valence-electron chi connectivity index (χ0n) is 8.93. The van der Waals surface area contributed by atoms with Crippen molar-refractivity contribution < 1.29 is 9.84 Å². The van der Waals surface area contributed by atoms with Crippen molar-refractivity contribution in [3.05, 3.63) is 51.3 Å². The number of halogens is 1. The van der Waals surface area contributed by atoms with Gasteiger partial charge in [0.15, 0.2) is 0 Å². The summed E-state index contributed by atoms with van der Waals surface area (Å²) in [5.41, 5.74) is 0. The Labute approximate surface area is 113 Å². The summed E-state index contributed by atoms with van der Waals surface area (Å²) in [6.07, 6.45) is 3.87. The van der Waals surface area contributed by atoms with Gasteiger partial charge in [-0.2, -0.15) is 0 Å². The Morgan fingerprint density at radius 2 is 1.82 bits per heavy atom. The van der Waals surface area contributed by atoms with E-state index < -0.39 is 0 Å². The van der Waals surface area contributed by atoms with Crippen molar-refractivity contribution in [2.45, 2.75) is 0 Å². The fourth-order valence-corrected chi connectivity index (χ4v) is 3.30. The average Bonchev–Trinajstić information content (AvgIpc) is 2.38. The Hall–Kier alpha value is -0.550. The number of ether oxygens (including phenoxy) is 1. The van der Waals surface area contributed by atoms with Gasteiger partial charge in [0.1, 0.15) is 12.4 Å². The average molecular weight is 287 g/mol. The van der Waals surface area contributed by atoms with Gasteiger partial charge in [-0.1, -0.05) is 45.3 Å². The third-order valence-corrected chi connectivity index (χ3v) is 4.95. The molecule has 1 aromatic rings. The van der Waals surface area contributed by atoms with Crippen LogP contribution in [0.1, 0.15) is 0 Å². The predicted octanol–water partition coefficient (Wildman–Crippen LogP) is 3.87. The van der Waals surface area contributed by atoms with Crippen molar-refractivity contribution in [3.63, 3.8) is 0 Å². The van der Waals surface area contributed by atoms with Crippen LogP contribution in [-0.2, 0) is 0 Å². The maximum Gasteiger partial charge on any atom is 0.138 e. The molecule has 0 aromatic heterocycles. The lowest BCUT2D eigenvalue weighted by Crippen LogP contribution is -2.00. The van der Waals surface area contributed by atoms with Gasteiger partial charge in [-0.05, 0) is 24.3 Å². The molecule has 17 heavy (non-hydrogen) atoms. The van der Waals surface area contributed by atoms with Crippen LogP contribution in [0.3, 0.4) is 0 Å². The highest BCUT2D eigenvalue weighted by molar-refractivity contribution is 8.79. The summed E-state index contributed by atoms with van der Waals surface area (Å²) in [7, 11) is 3.16. The highest BCUT2D eigenvalue weighted by atomic mass is 35.5. The summed E-state index contributed by atoms with van der Waals surface area (Å²) in [6, 6.07) is 7.41. The smallest absolute Gasteiger partial charge is 0.138 e. The minimum atomic E-state index is 0.0901. The minimum Gasteiger partial charge on any atom is -0.487 e. The standard InChI is InChI=1S/C12H11ClO2S2/c13-11-3-1-2-4-12(11)15-8-10-6-5-9(7-14)16-17-10/h1-6,14H,7-8H2. The SMILES string of the molecule is OCC1=CC=C(COc2ccccc2Cl)SS1. The molecule has 90 valence electrons. The van der Waals surface area contributed by atoms with E-state index in [1.807, 2.05) is 30.4 Å². The molecule has 0 unspecified atom stereocenters. The fourth-order valence-electron chi connectivity index (χ4n) is 1.21. The molecule has 0 fully saturated rings. The summed E-state index contributed by atoms with van der Waals surface area (Å²) in [5, 5.41) is 9.56. The van der Waals surface area contributed by atoms with E-state index in [0.29, 0.717) is 17.4 Å². The number of hydrogen-bond donors (Lipinski definition) is 1. The molecular weight excluding hydrogens is 276 g/mol. The Morgan fingerprint density at radius 1 is 1.12 bits per heavy atom. The second kappa shape index (κ2) is 6.40. The first-order valence-corrected chi connectivity index (χ1v) is 7.55. The maximum absolute atomic E-state index is 8.94. The molecule has 1 heterocycles. The fraction of sp³-hybridized carbons (Fsp3) is 0.167. The molecule has 0 radical (unpaired) electrons. The van der Waals surface area contributed by atoms with Crippen molar-refractivity contribution in [2.24, 2.45) is 0 Å². The molecule has 0 bridgehead atoms. The molecule has 1 aliphatic heterocycles. The number of para-hydroxylation sites is 1. The van der Waals surface area contributed by atoms with E-state index in [2.05, 4.69) is 0 Å². The topological polar surface area (TPSA) is 29.5 Å². The molecule has 2 nitrogen and oxygen atoms in total. The number of benzene rings is 1. The highest BCUT2D eigenvalue weighted by Crippen LogP contribution is 2.40. The van der Waals surface area contributed by atoms with E-state index in [1.165, 1.54) is 0 Å². The van der Waals surface area contributed by atoms with Crippen molar-refractivity contribution >= 4 is 33.2 Å². The van der Waals surface area contributed by atoms with Gasteiger partial charge in [0.05, 0.1) is 11.6 Å². The number of hydrogen-bond acceptors (Lipinski definition) is 4. The molecule has 0 saturated heterocycles. The Bertz CT molecular complexity index is 458. The van der Waals surface area contributed by atoms with Crippen LogP contribution in [0, 0.1) is 0 Å². The Morgan fingerprint density at radius 3 is 2.47 bits per heavy atom. The van der Waals surface area contributed by atoms with Crippen LogP contribution in [-0.4, -0.2) is 18.3 Å². The van der Waals surface area contributed by atoms with Crippen LogP contribution in [0.25, 0.3) is 0 Å². The molecule has 1 aromatic carbocycles. The van der Waals surface area contributed by atoms with Gasteiger partial charge >= 0.3 is 0 Å². The van der Waals surface area contributed by atoms with Crippen LogP contribution >= 0.6 is 33.2 Å². The number of aliphatic hydroxyl groups is 1. The van der Waals surface area contributed by atoms with E-state index in [9.17, 15) is 0 Å². The highest BCUT2D eigenvalue weighted by Gasteiger charge is 2.08. The largest absolute Gasteiger partial charge is 0.487 e. The van der Waals surface area contributed by atoms with Gasteiger partial charge < -0.3 is 9.84 Å². The van der Waals surface area contributed by atoms with Crippen LogP contribution in [0.2, 0.25) is 5.02 Å². The van der Waals surface area contributed by atoms with Crippen LogP contribution in [0.15, 0.2) is 46.2 Å². The molecule has 0 amide bonds. The first kappa shape index (κ1) is 12.9. The summed E-state index contributed by atoms with van der Waals surface area (Å²) in [4.78, 5) is 2.06. The van der Waals surface area contributed by atoms with Crippen LogP contribution in [0.4, 0.5) is 0 Å². The second-order valence-corrected chi connectivity index (χ2v) is 6.10. The van der Waals surface area contributed by atoms with E-state index >= 15 is 0 Å². The van der Waals surface area contributed by atoms with E-state index in [4.69, 9.17) is 21.4 Å². The third-order valence-electron chi connectivity index (χ3n) is 2.07. The van der Waals surface area contributed by atoms with Crippen molar-refractivity contribution in [3.8, 4) is 5.75 Å². The summed E-state index contributed by atoms with van der Waals surface area (Å²) in [5.74, 6) is 0.692. The Balaban J connectivity index is 1.94. The number of allylic oxidation sites excluding steroid dienone is 2. The lowest BCUT2D eigenvalue weighted by Gasteiger charge is -2.13. The van der Waals surface area contributed by atoms with Crippen molar-refractivity contribution in [1.29, 1.82) is 0 Å². The van der Waals surface area contributed by atoms with Crippen LogP contribution < -0.4 is 4.74 Å². The second-order valence-electron chi connectivity index (χ2n) is 3.31. The summed E-state index contributed by atoms with van der Waals surface area (Å²) < 4.78 is 5.62. The van der Waals surface area contributed by atoms with E-state index in [0.717, 1.165) is 9.81 Å². The normalized spacial score (nSPS) is 15.2. The molecular formula is C12H11ClO2S2. The van der Waals surface area contributed by atoms with E-state index in [-0.39, 0.29) is 6.61 Å². The van der Waals surface area contributed by atoms with Gasteiger partial charge in [0, 0.05) is 9.81 Å². The van der Waals surface area contributed by atoms with E-state index in [1.54, 1.807) is 27.7 Å². The van der Waals surface area contributed by atoms with Gasteiger partial charge in [-0.25, -0.2) is 0 Å². The molecule has 5 heteroatoms. The minimum absolute atomic E-state index is 0.0901. The first-order chi connectivity index (χ1) is 8.29. The van der Waals surface area contributed by atoms with Gasteiger partial charge in [-0.15, -0.1) is 0 Å². The molecule has 2 rings (SSSR count). The summed E-state index contributed by atoms with van der Waals surface area (Å²) >= 11 is 5.99. The van der Waals surface area contributed by atoms with Crippen LogP contribution in [0.5, 0.6) is 5.75 Å². The zero-order chi connectivity index (χ0) is 12.1. The van der Waals surface area contributed by atoms with Crippen molar-refractivity contribution in [1.82, 2.24) is 0 Å². The van der Waals surface area contributed by atoms with Gasteiger partial charge in [0.2, 0.25) is 0 Å². The molecule has 0 spiro atoms. The molecule has 1 N–H and O–H groups in total. The Kier molecular flexibility index (Phi) is 4.86. The lowest BCUT2D eigenvalue weighted by molar-refractivity contribution is 0.339. The summed E-state index contributed by atoms with van der Waals surface area (Å²) in [6.45, 7) is 0.587. The molecule has 0 aliphatic carbocycles. The quantitative estimate of drug-likeness (QED) is 0.851. The lowest BCUT2D eigenvalue weighted by atomic mass is 10.3. The maximum atomic E-state index is 8.94.